The van der Waals surface area contributed by atoms with Crippen LogP contribution in [-0.4, -0.2) is 33.5 Å². The minimum Gasteiger partial charge on any atom is -0.497 e. The van der Waals surface area contributed by atoms with Crippen LogP contribution in [0.15, 0.2) is 90.1 Å². The molecule has 0 unspecified atom stereocenters. The number of nitrogens with zero attached hydrogens (tertiary/aromatic N) is 3. The third-order valence-corrected chi connectivity index (χ3v) is 6.34. The van der Waals surface area contributed by atoms with E-state index in [0.29, 0.717) is 5.16 Å². The lowest BCUT2D eigenvalue weighted by Gasteiger charge is -2.19. The van der Waals surface area contributed by atoms with Gasteiger partial charge in [-0.2, -0.15) is 0 Å². The van der Waals surface area contributed by atoms with Crippen LogP contribution in [0.3, 0.4) is 0 Å². The van der Waals surface area contributed by atoms with Gasteiger partial charge in [0, 0.05) is 12.6 Å². The molecule has 0 aliphatic carbocycles. The Hall–Kier alpha value is -3.58. The van der Waals surface area contributed by atoms with Crippen molar-refractivity contribution in [3.8, 4) is 17.1 Å². The van der Waals surface area contributed by atoms with E-state index in [-0.39, 0.29) is 17.7 Å². The Morgan fingerprint density at radius 1 is 1.00 bits per heavy atom. The molecule has 1 aromatic heterocycles. The highest BCUT2D eigenvalue weighted by Crippen LogP contribution is 2.26. The standard InChI is InChI=1S/C26H26N4O2S/c1-30-25(21-14-9-15-22(17-21)32-2)28-29-26(30)33-18-24(31)27-23(20-12-7-4-8-13-20)16-19-10-5-3-6-11-19/h3-15,17,23H,16,18H2,1-2H3,(H,27,31)/t23-/m1/s1. The zero-order valence-corrected chi connectivity index (χ0v) is 19.5. The fourth-order valence-corrected chi connectivity index (χ4v) is 4.33. The van der Waals surface area contributed by atoms with Crippen molar-refractivity contribution in [3.63, 3.8) is 0 Å². The molecule has 6 nitrogen and oxygen atoms in total. The van der Waals surface area contributed by atoms with Crippen LogP contribution in [0.4, 0.5) is 0 Å². The van der Waals surface area contributed by atoms with Crippen LogP contribution in [-0.2, 0) is 18.3 Å². The first-order valence-corrected chi connectivity index (χ1v) is 11.7. The fourth-order valence-electron chi connectivity index (χ4n) is 3.61. The number of nitrogens with one attached hydrogen (secondary N) is 1. The molecule has 33 heavy (non-hydrogen) atoms. The molecule has 1 atom stereocenters. The summed E-state index contributed by atoms with van der Waals surface area (Å²) in [5.74, 6) is 1.69. The van der Waals surface area contributed by atoms with Gasteiger partial charge in [0.2, 0.25) is 5.91 Å². The highest BCUT2D eigenvalue weighted by molar-refractivity contribution is 7.99. The van der Waals surface area contributed by atoms with Crippen LogP contribution in [0.1, 0.15) is 17.2 Å². The molecule has 0 fully saturated rings. The molecule has 0 spiro atoms. The summed E-state index contributed by atoms with van der Waals surface area (Å²) in [4.78, 5) is 12.9. The Balaban J connectivity index is 1.43. The third-order valence-electron chi connectivity index (χ3n) is 5.32. The van der Waals surface area contributed by atoms with Crippen LogP contribution in [0.5, 0.6) is 5.75 Å². The van der Waals surface area contributed by atoms with Crippen LogP contribution in [0.25, 0.3) is 11.4 Å². The quantitative estimate of drug-likeness (QED) is 0.369. The van der Waals surface area contributed by atoms with Crippen LogP contribution in [0, 0.1) is 0 Å². The van der Waals surface area contributed by atoms with Gasteiger partial charge in [-0.25, -0.2) is 0 Å². The first-order chi connectivity index (χ1) is 16.1. The summed E-state index contributed by atoms with van der Waals surface area (Å²) in [6.45, 7) is 0. The molecule has 0 saturated heterocycles. The molecule has 4 aromatic rings. The van der Waals surface area contributed by atoms with Crippen molar-refractivity contribution in [1.82, 2.24) is 20.1 Å². The minimum absolute atomic E-state index is 0.0456. The number of amides is 1. The van der Waals surface area contributed by atoms with Gasteiger partial charge < -0.3 is 14.6 Å². The van der Waals surface area contributed by atoms with E-state index in [2.05, 4.69) is 27.6 Å². The first-order valence-electron chi connectivity index (χ1n) is 10.7. The maximum Gasteiger partial charge on any atom is 0.230 e. The summed E-state index contributed by atoms with van der Waals surface area (Å²) in [5.41, 5.74) is 3.17. The second-order valence-electron chi connectivity index (χ2n) is 7.61. The minimum atomic E-state index is -0.103. The number of ether oxygens (including phenoxy) is 1. The normalized spacial score (nSPS) is 11.7. The monoisotopic (exact) mass is 458 g/mol. The third kappa shape index (κ3) is 5.81. The van der Waals surface area contributed by atoms with Gasteiger partial charge >= 0.3 is 0 Å². The summed E-state index contributed by atoms with van der Waals surface area (Å²) in [7, 11) is 3.54. The highest BCUT2D eigenvalue weighted by atomic mass is 32.2. The van der Waals surface area contributed by atoms with E-state index in [1.54, 1.807) is 7.11 Å². The van der Waals surface area contributed by atoms with Crippen molar-refractivity contribution in [2.24, 2.45) is 7.05 Å². The molecule has 0 bridgehead atoms. The summed E-state index contributed by atoms with van der Waals surface area (Å²) in [6, 6.07) is 27.8. The highest BCUT2D eigenvalue weighted by Gasteiger charge is 2.17. The average Bonchev–Trinajstić information content (AvgIpc) is 3.23. The number of hydrogen-bond donors (Lipinski definition) is 1. The van der Waals surface area contributed by atoms with E-state index >= 15 is 0 Å². The lowest BCUT2D eigenvalue weighted by atomic mass is 9.99. The zero-order chi connectivity index (χ0) is 23.0. The summed E-state index contributed by atoms with van der Waals surface area (Å²) in [6.07, 6.45) is 0.727. The van der Waals surface area contributed by atoms with Gasteiger partial charge in [0.05, 0.1) is 18.9 Å². The summed E-state index contributed by atoms with van der Waals surface area (Å²) in [5, 5.41) is 12.5. The maximum absolute atomic E-state index is 12.9. The lowest BCUT2D eigenvalue weighted by molar-refractivity contribution is -0.119. The molecule has 0 radical (unpaired) electrons. The van der Waals surface area contributed by atoms with Crippen LogP contribution < -0.4 is 10.1 Å². The van der Waals surface area contributed by atoms with Crippen molar-refractivity contribution in [2.75, 3.05) is 12.9 Å². The molecule has 1 amide bonds. The van der Waals surface area contributed by atoms with Gasteiger partial charge in [-0.15, -0.1) is 10.2 Å². The van der Waals surface area contributed by atoms with E-state index in [1.807, 2.05) is 84.4 Å². The summed E-state index contributed by atoms with van der Waals surface area (Å²) < 4.78 is 7.20. The molecule has 1 heterocycles. The maximum atomic E-state index is 12.9. The predicted molar refractivity (Wildman–Crippen MR) is 131 cm³/mol. The average molecular weight is 459 g/mol. The molecule has 1 N–H and O–H groups in total. The van der Waals surface area contributed by atoms with Crippen LogP contribution in [0.2, 0.25) is 0 Å². The van der Waals surface area contributed by atoms with E-state index in [1.165, 1.54) is 17.3 Å². The van der Waals surface area contributed by atoms with E-state index in [0.717, 1.165) is 29.1 Å². The first kappa shape index (κ1) is 22.6. The topological polar surface area (TPSA) is 69.0 Å². The van der Waals surface area contributed by atoms with Gasteiger partial charge in [-0.1, -0.05) is 84.6 Å². The Kier molecular flexibility index (Phi) is 7.42. The lowest BCUT2D eigenvalue weighted by Crippen LogP contribution is -2.31. The van der Waals surface area contributed by atoms with Gasteiger partial charge in [0.25, 0.3) is 0 Å². The second-order valence-corrected chi connectivity index (χ2v) is 8.55. The number of methoxy groups -OCH3 is 1. The number of thioether (sulfide) groups is 1. The molecule has 3 aromatic carbocycles. The number of carbonyl (C=O) groups is 1. The van der Waals surface area contributed by atoms with Crippen molar-refractivity contribution in [3.05, 3.63) is 96.1 Å². The Morgan fingerprint density at radius 2 is 1.73 bits per heavy atom. The van der Waals surface area contributed by atoms with Crippen molar-refractivity contribution in [2.45, 2.75) is 17.6 Å². The Labute approximate surface area is 198 Å². The Morgan fingerprint density at radius 3 is 2.45 bits per heavy atom. The molecule has 0 aliphatic rings. The largest absolute Gasteiger partial charge is 0.497 e. The van der Waals surface area contributed by atoms with Gasteiger partial charge in [0.1, 0.15) is 5.75 Å². The molecular formula is C26H26N4O2S. The zero-order valence-electron chi connectivity index (χ0n) is 18.6. The van der Waals surface area contributed by atoms with E-state index in [9.17, 15) is 4.79 Å². The summed E-state index contributed by atoms with van der Waals surface area (Å²) >= 11 is 1.37. The molecule has 168 valence electrons. The molecule has 7 heteroatoms. The fraction of sp³-hybridized carbons (Fsp3) is 0.192. The van der Waals surface area contributed by atoms with Gasteiger partial charge in [-0.05, 0) is 29.7 Å². The number of hydrogen-bond acceptors (Lipinski definition) is 5. The number of aromatic nitrogens is 3. The molecule has 0 saturated carbocycles. The van der Waals surface area contributed by atoms with E-state index < -0.39 is 0 Å². The molecule has 4 rings (SSSR count). The number of rotatable bonds is 9. The molecular weight excluding hydrogens is 432 g/mol. The van der Waals surface area contributed by atoms with Crippen LogP contribution >= 0.6 is 11.8 Å². The SMILES string of the molecule is COc1cccc(-c2nnc(SCC(=O)N[C@H](Cc3ccccc3)c3ccccc3)n2C)c1. The number of carbonyl (C=O) groups excluding carboxylic acids is 1. The predicted octanol–water partition coefficient (Wildman–Crippen LogP) is 4.68. The van der Waals surface area contributed by atoms with Gasteiger partial charge in [0.15, 0.2) is 11.0 Å². The molecule has 0 aliphatic heterocycles. The van der Waals surface area contributed by atoms with Crippen molar-refractivity contribution >= 4 is 17.7 Å². The van der Waals surface area contributed by atoms with Crippen molar-refractivity contribution < 1.29 is 9.53 Å². The Bertz CT molecular complexity index is 1200. The second kappa shape index (κ2) is 10.8. The van der Waals surface area contributed by atoms with Crippen molar-refractivity contribution in [1.29, 1.82) is 0 Å². The number of benzene rings is 3. The van der Waals surface area contributed by atoms with E-state index in [4.69, 9.17) is 4.74 Å². The smallest absolute Gasteiger partial charge is 0.230 e. The van der Waals surface area contributed by atoms with Gasteiger partial charge in [-0.3, -0.25) is 4.79 Å².